The predicted molar refractivity (Wildman–Crippen MR) is 53.5 cm³/mol. The van der Waals surface area contributed by atoms with Gasteiger partial charge in [0, 0.05) is 22.7 Å². The molecule has 1 heterocycles. The molecule has 78 valence electrons. The van der Waals surface area contributed by atoms with E-state index < -0.39 is 10.1 Å². The first-order valence-corrected chi connectivity index (χ1v) is 5.50. The average molecular weight is 225 g/mol. The van der Waals surface area contributed by atoms with Gasteiger partial charge in [0.1, 0.15) is 0 Å². The Morgan fingerprint density at radius 2 is 2.07 bits per heavy atom. The van der Waals surface area contributed by atoms with Crippen LogP contribution in [0.5, 0.6) is 0 Å². The summed E-state index contributed by atoms with van der Waals surface area (Å²) in [5, 5.41) is 0.472. The Balaban J connectivity index is 2.79. The third-order valence-corrected chi connectivity index (χ3v) is 2.96. The lowest BCUT2D eigenvalue weighted by molar-refractivity contribution is 0.112. The number of aromatic nitrogens is 1. The maximum Gasteiger partial charge on any atom is 0.294 e. The van der Waals surface area contributed by atoms with Crippen LogP contribution in [0.3, 0.4) is 0 Å². The standard InChI is InChI=1S/C9H7NO4S/c11-5-6-4-10-9-2-1-7(3-8(6)9)15(12,13)14/h1-5,10H,(H,12,13,14). The molecule has 1 aromatic heterocycles. The van der Waals surface area contributed by atoms with Crippen molar-refractivity contribution < 1.29 is 17.8 Å². The highest BCUT2D eigenvalue weighted by atomic mass is 32.2. The maximum atomic E-state index is 10.9. The lowest BCUT2D eigenvalue weighted by Crippen LogP contribution is -1.97. The largest absolute Gasteiger partial charge is 0.360 e. The predicted octanol–water partition coefficient (Wildman–Crippen LogP) is 1.23. The molecule has 6 heteroatoms. The Kier molecular flexibility index (Phi) is 2.09. The number of H-pyrrole nitrogens is 1. The number of aromatic amines is 1. The van der Waals surface area contributed by atoms with Gasteiger partial charge in [-0.2, -0.15) is 8.42 Å². The topological polar surface area (TPSA) is 87.2 Å². The summed E-state index contributed by atoms with van der Waals surface area (Å²) < 4.78 is 30.5. The van der Waals surface area contributed by atoms with Gasteiger partial charge in [0.05, 0.1) is 4.90 Å². The van der Waals surface area contributed by atoms with Crippen LogP contribution in [0.25, 0.3) is 10.9 Å². The quantitative estimate of drug-likeness (QED) is 0.594. The van der Waals surface area contributed by atoms with Crippen molar-refractivity contribution >= 4 is 27.3 Å². The molecular weight excluding hydrogens is 218 g/mol. The third-order valence-electron chi connectivity index (χ3n) is 2.11. The van der Waals surface area contributed by atoms with Gasteiger partial charge in [-0.05, 0) is 18.2 Å². The molecule has 5 nitrogen and oxygen atoms in total. The van der Waals surface area contributed by atoms with Gasteiger partial charge in [-0.1, -0.05) is 0 Å². The van der Waals surface area contributed by atoms with E-state index in [4.69, 9.17) is 4.55 Å². The lowest BCUT2D eigenvalue weighted by Gasteiger charge is -1.97. The molecule has 0 amide bonds. The number of aldehydes is 1. The Labute approximate surface area is 85.5 Å². The van der Waals surface area contributed by atoms with Crippen LogP contribution >= 0.6 is 0 Å². The van der Waals surface area contributed by atoms with E-state index in [2.05, 4.69) is 4.98 Å². The van der Waals surface area contributed by atoms with Crippen molar-refractivity contribution in [1.82, 2.24) is 4.98 Å². The monoisotopic (exact) mass is 225 g/mol. The first kappa shape index (κ1) is 9.88. The van der Waals surface area contributed by atoms with Crippen molar-refractivity contribution in [3.8, 4) is 0 Å². The Morgan fingerprint density at radius 1 is 1.33 bits per heavy atom. The molecule has 0 saturated carbocycles. The van der Waals surface area contributed by atoms with Gasteiger partial charge in [0.2, 0.25) is 0 Å². The molecule has 0 spiro atoms. The Hall–Kier alpha value is -1.66. The number of hydrogen-bond acceptors (Lipinski definition) is 3. The van der Waals surface area contributed by atoms with Gasteiger partial charge in [0.15, 0.2) is 6.29 Å². The molecule has 1 aromatic carbocycles. The van der Waals surface area contributed by atoms with E-state index in [1.807, 2.05) is 0 Å². The van der Waals surface area contributed by atoms with Crippen molar-refractivity contribution in [2.45, 2.75) is 4.90 Å². The van der Waals surface area contributed by atoms with Crippen molar-refractivity contribution in [2.24, 2.45) is 0 Å². The van der Waals surface area contributed by atoms with Gasteiger partial charge >= 0.3 is 0 Å². The zero-order valence-corrected chi connectivity index (χ0v) is 8.28. The maximum absolute atomic E-state index is 10.9. The molecule has 0 aliphatic carbocycles. The van der Waals surface area contributed by atoms with Gasteiger partial charge in [-0.3, -0.25) is 9.35 Å². The molecule has 0 fully saturated rings. The number of carbonyl (C=O) groups excluding carboxylic acids is 1. The van der Waals surface area contributed by atoms with E-state index in [1.54, 1.807) is 0 Å². The molecule has 2 aromatic rings. The summed E-state index contributed by atoms with van der Waals surface area (Å²) in [6.07, 6.45) is 2.10. The minimum Gasteiger partial charge on any atom is -0.360 e. The summed E-state index contributed by atoms with van der Waals surface area (Å²) in [7, 11) is -4.23. The molecule has 0 atom stereocenters. The van der Waals surface area contributed by atoms with Crippen LogP contribution in [-0.2, 0) is 10.1 Å². The zero-order valence-electron chi connectivity index (χ0n) is 7.47. The summed E-state index contributed by atoms with van der Waals surface area (Å²) in [5.74, 6) is 0. The van der Waals surface area contributed by atoms with Gasteiger partial charge in [-0.15, -0.1) is 0 Å². The summed E-state index contributed by atoms with van der Waals surface area (Å²) in [6, 6.07) is 4.01. The second-order valence-electron chi connectivity index (χ2n) is 3.04. The number of hydrogen-bond donors (Lipinski definition) is 2. The van der Waals surface area contributed by atoms with Crippen LogP contribution < -0.4 is 0 Å². The zero-order chi connectivity index (χ0) is 11.1. The van der Waals surface area contributed by atoms with E-state index in [0.29, 0.717) is 22.8 Å². The normalized spacial score (nSPS) is 11.8. The highest BCUT2D eigenvalue weighted by molar-refractivity contribution is 7.85. The fourth-order valence-corrected chi connectivity index (χ4v) is 1.89. The molecule has 2 N–H and O–H groups in total. The number of benzene rings is 1. The Bertz CT molecular complexity index is 627. The summed E-state index contributed by atoms with van der Waals surface area (Å²) >= 11 is 0. The van der Waals surface area contributed by atoms with E-state index in [0.717, 1.165) is 0 Å². The molecular formula is C9H7NO4S. The first-order valence-electron chi connectivity index (χ1n) is 4.06. The van der Waals surface area contributed by atoms with Crippen LogP contribution in [0.2, 0.25) is 0 Å². The molecule has 0 bridgehead atoms. The van der Waals surface area contributed by atoms with Crippen molar-refractivity contribution in [2.75, 3.05) is 0 Å². The van der Waals surface area contributed by atoms with E-state index >= 15 is 0 Å². The second kappa shape index (κ2) is 3.18. The van der Waals surface area contributed by atoms with Gasteiger partial charge in [-0.25, -0.2) is 0 Å². The van der Waals surface area contributed by atoms with Crippen LogP contribution in [-0.4, -0.2) is 24.2 Å². The van der Waals surface area contributed by atoms with E-state index in [9.17, 15) is 13.2 Å². The molecule has 2 rings (SSSR count). The van der Waals surface area contributed by atoms with Crippen molar-refractivity contribution in [3.63, 3.8) is 0 Å². The fraction of sp³-hybridized carbons (Fsp3) is 0. The minimum atomic E-state index is -4.23. The molecule has 0 saturated heterocycles. The molecule has 0 aliphatic heterocycles. The van der Waals surface area contributed by atoms with Gasteiger partial charge < -0.3 is 4.98 Å². The third kappa shape index (κ3) is 1.64. The van der Waals surface area contributed by atoms with Crippen molar-refractivity contribution in [3.05, 3.63) is 30.0 Å². The molecule has 0 unspecified atom stereocenters. The highest BCUT2D eigenvalue weighted by Gasteiger charge is 2.11. The minimum absolute atomic E-state index is 0.224. The first-order chi connectivity index (χ1) is 7.02. The van der Waals surface area contributed by atoms with E-state index in [-0.39, 0.29) is 4.90 Å². The van der Waals surface area contributed by atoms with Gasteiger partial charge in [0.25, 0.3) is 10.1 Å². The number of carbonyl (C=O) groups is 1. The molecule has 15 heavy (non-hydrogen) atoms. The smallest absolute Gasteiger partial charge is 0.294 e. The number of nitrogens with one attached hydrogen (secondary N) is 1. The van der Waals surface area contributed by atoms with Crippen LogP contribution in [0.4, 0.5) is 0 Å². The fourth-order valence-electron chi connectivity index (χ4n) is 1.38. The SMILES string of the molecule is O=Cc1c[nH]c2ccc(S(=O)(=O)O)cc12. The van der Waals surface area contributed by atoms with E-state index in [1.165, 1.54) is 24.4 Å². The summed E-state index contributed by atoms with van der Waals surface area (Å²) in [5.41, 5.74) is 1.00. The van der Waals surface area contributed by atoms with Crippen LogP contribution in [0, 0.1) is 0 Å². The van der Waals surface area contributed by atoms with Crippen LogP contribution in [0.15, 0.2) is 29.3 Å². The number of rotatable bonds is 2. The Morgan fingerprint density at radius 3 is 2.67 bits per heavy atom. The summed E-state index contributed by atoms with van der Waals surface area (Å²) in [4.78, 5) is 13.2. The molecule has 0 radical (unpaired) electrons. The van der Waals surface area contributed by atoms with Crippen LogP contribution in [0.1, 0.15) is 10.4 Å². The molecule has 0 aliphatic rings. The van der Waals surface area contributed by atoms with Crippen molar-refractivity contribution in [1.29, 1.82) is 0 Å². The lowest BCUT2D eigenvalue weighted by atomic mass is 10.2. The average Bonchev–Trinajstić information content (AvgIpc) is 2.57. The second-order valence-corrected chi connectivity index (χ2v) is 4.47. The summed E-state index contributed by atoms with van der Waals surface area (Å²) in [6.45, 7) is 0. The highest BCUT2D eigenvalue weighted by Crippen LogP contribution is 2.20. The number of fused-ring (bicyclic) bond motifs is 1.